The highest BCUT2D eigenvalue weighted by Crippen LogP contribution is 2.18. The van der Waals surface area contributed by atoms with Crippen molar-refractivity contribution >= 4 is 11.6 Å². The van der Waals surface area contributed by atoms with Crippen LogP contribution < -0.4 is 10.6 Å². The van der Waals surface area contributed by atoms with Crippen molar-refractivity contribution < 1.29 is 0 Å². The summed E-state index contributed by atoms with van der Waals surface area (Å²) in [7, 11) is 0. The Morgan fingerprint density at radius 3 is 2.61 bits per heavy atom. The Bertz CT molecular complexity index is 498. The quantitative estimate of drug-likeness (QED) is 0.843. The maximum atomic E-state index is 4.25. The number of anilines is 2. The molecule has 0 spiro atoms. The fourth-order valence-electron chi connectivity index (χ4n) is 1.66. The number of pyridine rings is 1. The first kappa shape index (κ1) is 12.3. The third-order valence-electron chi connectivity index (χ3n) is 2.61. The molecule has 0 amide bonds. The summed E-state index contributed by atoms with van der Waals surface area (Å²) in [6.07, 6.45) is 5.17. The van der Waals surface area contributed by atoms with Crippen LogP contribution in [0.5, 0.6) is 0 Å². The van der Waals surface area contributed by atoms with E-state index in [1.54, 1.807) is 12.5 Å². The van der Waals surface area contributed by atoms with Gasteiger partial charge >= 0.3 is 0 Å². The Kier molecular flexibility index (Phi) is 4.06. The van der Waals surface area contributed by atoms with E-state index in [4.69, 9.17) is 0 Å². The average Bonchev–Trinajstić information content (AvgIpc) is 2.41. The second-order valence-electron chi connectivity index (χ2n) is 3.94. The summed E-state index contributed by atoms with van der Waals surface area (Å²) < 4.78 is 0. The van der Waals surface area contributed by atoms with Crippen LogP contribution in [0, 0.1) is 6.92 Å². The SMILES string of the molecule is CCNc1ncnc(NCc2cccnc2)c1C. The van der Waals surface area contributed by atoms with Crippen molar-refractivity contribution in [3.05, 3.63) is 42.0 Å². The molecule has 0 bridgehead atoms. The zero-order chi connectivity index (χ0) is 12.8. The number of aromatic nitrogens is 3. The molecule has 0 aromatic carbocycles. The van der Waals surface area contributed by atoms with Crippen molar-refractivity contribution in [3.8, 4) is 0 Å². The first-order valence-corrected chi connectivity index (χ1v) is 5.99. The zero-order valence-electron chi connectivity index (χ0n) is 10.6. The topological polar surface area (TPSA) is 62.7 Å². The molecule has 0 unspecified atom stereocenters. The normalized spacial score (nSPS) is 10.1. The number of rotatable bonds is 5. The molecule has 0 aliphatic carbocycles. The highest BCUT2D eigenvalue weighted by atomic mass is 15.1. The van der Waals surface area contributed by atoms with Gasteiger partial charge in [0.05, 0.1) is 0 Å². The molecule has 0 saturated carbocycles. The number of hydrogen-bond acceptors (Lipinski definition) is 5. The minimum absolute atomic E-state index is 0.706. The van der Waals surface area contributed by atoms with Crippen LogP contribution in [-0.4, -0.2) is 21.5 Å². The first-order chi connectivity index (χ1) is 8.81. The lowest BCUT2D eigenvalue weighted by Gasteiger charge is -2.11. The number of nitrogens with zero attached hydrogens (tertiary/aromatic N) is 3. The van der Waals surface area contributed by atoms with Gasteiger partial charge in [0.1, 0.15) is 18.0 Å². The Labute approximate surface area is 107 Å². The molecule has 0 radical (unpaired) electrons. The average molecular weight is 243 g/mol. The Hall–Kier alpha value is -2.17. The molecule has 2 heterocycles. The second kappa shape index (κ2) is 5.95. The van der Waals surface area contributed by atoms with Crippen molar-refractivity contribution in [2.45, 2.75) is 20.4 Å². The monoisotopic (exact) mass is 243 g/mol. The van der Waals surface area contributed by atoms with Crippen molar-refractivity contribution in [2.24, 2.45) is 0 Å². The zero-order valence-corrected chi connectivity index (χ0v) is 10.6. The molecule has 94 valence electrons. The predicted octanol–water partition coefficient (Wildman–Crippen LogP) is 2.22. The minimum Gasteiger partial charge on any atom is -0.370 e. The lowest BCUT2D eigenvalue weighted by atomic mass is 10.2. The van der Waals surface area contributed by atoms with Gasteiger partial charge in [-0.3, -0.25) is 4.98 Å². The van der Waals surface area contributed by atoms with E-state index in [1.165, 1.54) is 0 Å². The van der Waals surface area contributed by atoms with Crippen molar-refractivity contribution in [1.82, 2.24) is 15.0 Å². The van der Waals surface area contributed by atoms with Gasteiger partial charge in [-0.05, 0) is 25.5 Å². The van der Waals surface area contributed by atoms with Crippen LogP contribution in [0.2, 0.25) is 0 Å². The van der Waals surface area contributed by atoms with Crippen LogP contribution in [-0.2, 0) is 6.54 Å². The minimum atomic E-state index is 0.706. The van der Waals surface area contributed by atoms with Gasteiger partial charge < -0.3 is 10.6 Å². The molecule has 18 heavy (non-hydrogen) atoms. The molecule has 0 fully saturated rings. The fraction of sp³-hybridized carbons (Fsp3) is 0.308. The molecule has 2 aromatic rings. The standard InChI is InChI=1S/C13H17N5/c1-3-15-12-10(2)13(18-9-17-12)16-8-11-5-4-6-14-7-11/h4-7,9H,3,8H2,1-2H3,(H2,15,16,17,18). The smallest absolute Gasteiger partial charge is 0.134 e. The molecule has 0 atom stereocenters. The van der Waals surface area contributed by atoms with Crippen LogP contribution in [0.4, 0.5) is 11.6 Å². The van der Waals surface area contributed by atoms with E-state index < -0.39 is 0 Å². The Morgan fingerprint density at radius 1 is 1.17 bits per heavy atom. The number of nitrogens with one attached hydrogen (secondary N) is 2. The Morgan fingerprint density at radius 2 is 1.94 bits per heavy atom. The van der Waals surface area contributed by atoms with Crippen LogP contribution in [0.3, 0.4) is 0 Å². The van der Waals surface area contributed by atoms with Crippen molar-refractivity contribution in [2.75, 3.05) is 17.2 Å². The summed E-state index contributed by atoms with van der Waals surface area (Å²) in [6, 6.07) is 3.95. The summed E-state index contributed by atoms with van der Waals surface area (Å²) in [5, 5.41) is 6.51. The molecular weight excluding hydrogens is 226 g/mol. The molecule has 0 saturated heterocycles. The van der Waals surface area contributed by atoms with E-state index >= 15 is 0 Å². The van der Waals surface area contributed by atoms with Crippen LogP contribution in [0.25, 0.3) is 0 Å². The molecule has 5 nitrogen and oxygen atoms in total. The third kappa shape index (κ3) is 2.94. The van der Waals surface area contributed by atoms with Crippen LogP contribution in [0.1, 0.15) is 18.1 Å². The van der Waals surface area contributed by atoms with Gasteiger partial charge in [-0.2, -0.15) is 0 Å². The fourth-order valence-corrected chi connectivity index (χ4v) is 1.66. The molecule has 2 aromatic heterocycles. The van der Waals surface area contributed by atoms with E-state index in [9.17, 15) is 0 Å². The van der Waals surface area contributed by atoms with Gasteiger partial charge in [0, 0.05) is 31.0 Å². The maximum Gasteiger partial charge on any atom is 0.134 e. The predicted molar refractivity (Wildman–Crippen MR) is 72.5 cm³/mol. The highest BCUT2D eigenvalue weighted by Gasteiger charge is 2.05. The van der Waals surface area contributed by atoms with Crippen molar-refractivity contribution in [1.29, 1.82) is 0 Å². The summed E-state index contributed by atoms with van der Waals surface area (Å²) in [5.74, 6) is 1.73. The van der Waals surface area contributed by atoms with Crippen LogP contribution >= 0.6 is 0 Å². The molecule has 2 rings (SSSR count). The Balaban J connectivity index is 2.08. The van der Waals surface area contributed by atoms with E-state index in [0.29, 0.717) is 6.54 Å². The van der Waals surface area contributed by atoms with Gasteiger partial charge in [-0.25, -0.2) is 9.97 Å². The highest BCUT2D eigenvalue weighted by molar-refractivity contribution is 5.56. The second-order valence-corrected chi connectivity index (χ2v) is 3.94. The summed E-state index contributed by atoms with van der Waals surface area (Å²) >= 11 is 0. The van der Waals surface area contributed by atoms with Gasteiger partial charge in [0.25, 0.3) is 0 Å². The molecule has 5 heteroatoms. The summed E-state index contributed by atoms with van der Waals surface area (Å²) in [4.78, 5) is 12.5. The first-order valence-electron chi connectivity index (χ1n) is 5.99. The van der Waals surface area contributed by atoms with E-state index in [1.807, 2.05) is 32.2 Å². The van der Waals surface area contributed by atoms with Crippen LogP contribution in [0.15, 0.2) is 30.9 Å². The lowest BCUT2D eigenvalue weighted by molar-refractivity contribution is 1.04. The largest absolute Gasteiger partial charge is 0.370 e. The number of hydrogen-bond donors (Lipinski definition) is 2. The van der Waals surface area contributed by atoms with E-state index in [0.717, 1.165) is 29.3 Å². The van der Waals surface area contributed by atoms with Crippen molar-refractivity contribution in [3.63, 3.8) is 0 Å². The van der Waals surface area contributed by atoms with Gasteiger partial charge in [-0.15, -0.1) is 0 Å². The molecule has 2 N–H and O–H groups in total. The summed E-state index contributed by atoms with van der Waals surface area (Å²) in [5.41, 5.74) is 2.16. The molecule has 0 aliphatic heterocycles. The van der Waals surface area contributed by atoms with Gasteiger partial charge in [0.15, 0.2) is 0 Å². The molecule has 0 aliphatic rings. The lowest BCUT2D eigenvalue weighted by Crippen LogP contribution is -2.08. The third-order valence-corrected chi connectivity index (χ3v) is 2.61. The van der Waals surface area contributed by atoms with E-state index in [-0.39, 0.29) is 0 Å². The van der Waals surface area contributed by atoms with Gasteiger partial charge in [-0.1, -0.05) is 6.07 Å². The van der Waals surface area contributed by atoms with E-state index in [2.05, 4.69) is 25.6 Å². The summed E-state index contributed by atoms with van der Waals surface area (Å²) in [6.45, 7) is 5.60. The van der Waals surface area contributed by atoms with Gasteiger partial charge in [0.2, 0.25) is 0 Å². The molecular formula is C13H17N5. The maximum absolute atomic E-state index is 4.25.